The highest BCUT2D eigenvalue weighted by atomic mass is 31.2. The van der Waals surface area contributed by atoms with Crippen LogP contribution in [0.5, 0.6) is 0 Å². The van der Waals surface area contributed by atoms with Gasteiger partial charge in [0.25, 0.3) is 0 Å². The van der Waals surface area contributed by atoms with Gasteiger partial charge < -0.3 is 9.63 Å². The highest BCUT2D eigenvalue weighted by molar-refractivity contribution is 7.59. The zero-order chi connectivity index (χ0) is 13.3. The topological polar surface area (TPSA) is 63.6 Å². The largest absolute Gasteiger partial charge is 0.478 e. The maximum absolute atomic E-state index is 12.3. The number of hydrogen-bond acceptors (Lipinski definition) is 3. The summed E-state index contributed by atoms with van der Waals surface area (Å²) in [7, 11) is -2.85. The number of hydrogen-bond donors (Lipinski definition) is 1. The molecule has 1 N–H and O–H groups in total. The standard InChI is InChI=1S/C12H23O4P/c1-4-6-7-8-9-17(15,16-5-2)10-11(3)12(13)14/h3-10H2,1-2H3,(H,13,14). The monoisotopic (exact) mass is 262 g/mol. The summed E-state index contributed by atoms with van der Waals surface area (Å²) in [6.45, 7) is 7.63. The molecule has 1 atom stereocenters. The molecule has 0 amide bonds. The Balaban J connectivity index is 4.30. The van der Waals surface area contributed by atoms with E-state index in [9.17, 15) is 9.36 Å². The Kier molecular flexibility index (Phi) is 8.19. The first-order valence-electron chi connectivity index (χ1n) is 6.09. The fourth-order valence-electron chi connectivity index (χ4n) is 1.56. The Morgan fingerprint density at radius 3 is 2.41 bits per heavy atom. The molecule has 0 aliphatic heterocycles. The van der Waals surface area contributed by atoms with E-state index < -0.39 is 13.3 Å². The number of carboxylic acid groups (broad SMARTS) is 1. The second-order valence-electron chi connectivity index (χ2n) is 4.08. The van der Waals surface area contributed by atoms with Crippen molar-refractivity contribution in [3.05, 3.63) is 12.2 Å². The van der Waals surface area contributed by atoms with E-state index in [2.05, 4.69) is 13.5 Å². The van der Waals surface area contributed by atoms with E-state index >= 15 is 0 Å². The van der Waals surface area contributed by atoms with Crippen molar-refractivity contribution in [1.29, 1.82) is 0 Å². The summed E-state index contributed by atoms with van der Waals surface area (Å²) < 4.78 is 17.6. The van der Waals surface area contributed by atoms with Crippen LogP contribution in [-0.2, 0) is 13.9 Å². The van der Waals surface area contributed by atoms with Crippen LogP contribution in [0, 0.1) is 0 Å². The van der Waals surface area contributed by atoms with Gasteiger partial charge >= 0.3 is 5.97 Å². The first-order chi connectivity index (χ1) is 7.95. The third kappa shape index (κ3) is 7.35. The van der Waals surface area contributed by atoms with Crippen LogP contribution in [0.2, 0.25) is 0 Å². The number of rotatable bonds is 10. The molecule has 0 radical (unpaired) electrons. The molecular formula is C12H23O4P. The summed E-state index contributed by atoms with van der Waals surface area (Å²) in [5.41, 5.74) is -0.0303. The van der Waals surface area contributed by atoms with E-state index in [0.717, 1.165) is 25.7 Å². The molecule has 5 heteroatoms. The van der Waals surface area contributed by atoms with Gasteiger partial charge in [-0.05, 0) is 13.3 Å². The van der Waals surface area contributed by atoms with Gasteiger partial charge in [0, 0.05) is 11.7 Å². The van der Waals surface area contributed by atoms with E-state index in [-0.39, 0.29) is 11.7 Å². The van der Waals surface area contributed by atoms with Crippen LogP contribution in [0.4, 0.5) is 0 Å². The minimum absolute atomic E-state index is 0.0303. The second kappa shape index (κ2) is 8.48. The molecule has 0 aromatic rings. The lowest BCUT2D eigenvalue weighted by atomic mass is 10.2. The van der Waals surface area contributed by atoms with Gasteiger partial charge in [0.15, 0.2) is 0 Å². The lowest BCUT2D eigenvalue weighted by Crippen LogP contribution is -2.08. The van der Waals surface area contributed by atoms with E-state index in [1.165, 1.54) is 0 Å². The Labute approximate surface area is 104 Å². The number of unbranched alkanes of at least 4 members (excludes halogenated alkanes) is 3. The molecule has 1 unspecified atom stereocenters. The minimum atomic E-state index is -2.85. The lowest BCUT2D eigenvalue weighted by molar-refractivity contribution is -0.132. The van der Waals surface area contributed by atoms with Gasteiger partial charge in [-0.3, -0.25) is 4.57 Å². The molecule has 17 heavy (non-hydrogen) atoms. The van der Waals surface area contributed by atoms with Crippen molar-refractivity contribution >= 4 is 13.3 Å². The van der Waals surface area contributed by atoms with Gasteiger partial charge in [-0.15, -0.1) is 0 Å². The van der Waals surface area contributed by atoms with E-state index in [1.807, 2.05) is 0 Å². The molecule has 0 aromatic carbocycles. The first-order valence-corrected chi connectivity index (χ1v) is 8.08. The Hall–Kier alpha value is -0.600. The molecule has 4 nitrogen and oxygen atoms in total. The zero-order valence-corrected chi connectivity index (χ0v) is 11.7. The summed E-state index contributed by atoms with van der Waals surface area (Å²) in [5, 5.41) is 8.75. The smallest absolute Gasteiger partial charge is 0.331 e. The minimum Gasteiger partial charge on any atom is -0.478 e. The fourth-order valence-corrected chi connectivity index (χ4v) is 3.83. The van der Waals surface area contributed by atoms with Crippen LogP contribution in [0.25, 0.3) is 0 Å². The van der Waals surface area contributed by atoms with Crippen LogP contribution < -0.4 is 0 Å². The van der Waals surface area contributed by atoms with Gasteiger partial charge in [-0.25, -0.2) is 4.79 Å². The van der Waals surface area contributed by atoms with Crippen LogP contribution in [0.3, 0.4) is 0 Å². The Morgan fingerprint density at radius 2 is 1.94 bits per heavy atom. The summed E-state index contributed by atoms with van der Waals surface area (Å²) in [5.74, 6) is -1.10. The van der Waals surface area contributed by atoms with E-state index in [0.29, 0.717) is 12.8 Å². The average molecular weight is 262 g/mol. The predicted molar refractivity (Wildman–Crippen MR) is 69.9 cm³/mol. The zero-order valence-electron chi connectivity index (χ0n) is 10.8. The third-order valence-electron chi connectivity index (χ3n) is 2.45. The fraction of sp³-hybridized carbons (Fsp3) is 0.750. The van der Waals surface area contributed by atoms with Gasteiger partial charge in [-0.2, -0.15) is 0 Å². The molecule has 0 aliphatic rings. The maximum Gasteiger partial charge on any atom is 0.331 e. The van der Waals surface area contributed by atoms with Crippen molar-refractivity contribution in [3.8, 4) is 0 Å². The highest BCUT2D eigenvalue weighted by Crippen LogP contribution is 2.49. The molecule has 0 aliphatic carbocycles. The van der Waals surface area contributed by atoms with Crippen LogP contribution in [0.1, 0.15) is 39.5 Å². The van der Waals surface area contributed by atoms with Gasteiger partial charge in [-0.1, -0.05) is 32.8 Å². The molecule has 0 aromatic heterocycles. The van der Waals surface area contributed by atoms with E-state index in [1.54, 1.807) is 6.92 Å². The third-order valence-corrected chi connectivity index (χ3v) is 5.04. The maximum atomic E-state index is 12.3. The Bertz CT molecular complexity index is 299. The molecule has 0 saturated carbocycles. The number of carbonyl (C=O) groups is 1. The van der Waals surface area contributed by atoms with E-state index in [4.69, 9.17) is 9.63 Å². The van der Waals surface area contributed by atoms with Gasteiger partial charge in [0.1, 0.15) is 0 Å². The average Bonchev–Trinajstić information content (AvgIpc) is 2.24. The lowest BCUT2D eigenvalue weighted by Gasteiger charge is -2.17. The molecule has 0 saturated heterocycles. The molecule has 0 fully saturated rings. The highest BCUT2D eigenvalue weighted by Gasteiger charge is 2.25. The number of carboxylic acids is 1. The second-order valence-corrected chi connectivity index (χ2v) is 6.73. The summed E-state index contributed by atoms with van der Waals surface area (Å²) in [6, 6.07) is 0. The van der Waals surface area contributed by atoms with Crippen molar-refractivity contribution < 1.29 is 19.0 Å². The van der Waals surface area contributed by atoms with Gasteiger partial charge in [0.05, 0.1) is 12.8 Å². The van der Waals surface area contributed by atoms with Crippen molar-refractivity contribution in [1.82, 2.24) is 0 Å². The van der Waals surface area contributed by atoms with Crippen molar-refractivity contribution in [2.45, 2.75) is 39.5 Å². The molecule has 0 spiro atoms. The molecule has 0 heterocycles. The molecular weight excluding hydrogens is 239 g/mol. The van der Waals surface area contributed by atoms with Crippen molar-refractivity contribution in [3.63, 3.8) is 0 Å². The Morgan fingerprint density at radius 1 is 1.29 bits per heavy atom. The molecule has 0 bridgehead atoms. The normalized spacial score (nSPS) is 14.2. The van der Waals surface area contributed by atoms with Crippen LogP contribution in [0.15, 0.2) is 12.2 Å². The summed E-state index contributed by atoms with van der Waals surface area (Å²) in [4.78, 5) is 10.7. The van der Waals surface area contributed by atoms with Crippen LogP contribution in [-0.4, -0.2) is 30.0 Å². The SMILES string of the molecule is C=C(CP(=O)(CCCCCC)OCC)C(=O)O. The van der Waals surface area contributed by atoms with Crippen molar-refractivity contribution in [2.24, 2.45) is 0 Å². The predicted octanol–water partition coefficient (Wildman–Crippen LogP) is 3.52. The molecule has 0 rings (SSSR count). The molecule has 100 valence electrons. The van der Waals surface area contributed by atoms with Gasteiger partial charge in [0.2, 0.25) is 7.37 Å². The quantitative estimate of drug-likeness (QED) is 0.371. The number of aliphatic carboxylic acids is 1. The van der Waals surface area contributed by atoms with Crippen molar-refractivity contribution in [2.75, 3.05) is 18.9 Å². The van der Waals surface area contributed by atoms with Crippen LogP contribution >= 0.6 is 7.37 Å². The summed E-state index contributed by atoms with van der Waals surface area (Å²) >= 11 is 0. The summed E-state index contributed by atoms with van der Waals surface area (Å²) in [6.07, 6.45) is 4.45. The first kappa shape index (κ1) is 16.4.